The third-order valence-electron chi connectivity index (χ3n) is 3.90. The van der Waals surface area contributed by atoms with Crippen LogP contribution in [0, 0.1) is 20.8 Å². The summed E-state index contributed by atoms with van der Waals surface area (Å²) in [6.07, 6.45) is 0. The molecular formula is C16H22N2O5S. The van der Waals surface area contributed by atoms with Gasteiger partial charge in [0.05, 0.1) is 13.2 Å². The molecule has 1 N–H and O–H groups in total. The van der Waals surface area contributed by atoms with Crippen molar-refractivity contribution in [1.82, 2.24) is 9.29 Å². The van der Waals surface area contributed by atoms with Crippen LogP contribution in [0.5, 0.6) is 0 Å². The number of carbonyl (C=O) groups excluding carboxylic acids is 1. The normalized spacial score (nSPS) is 11.7. The van der Waals surface area contributed by atoms with Gasteiger partial charge in [0.25, 0.3) is 0 Å². The highest BCUT2D eigenvalue weighted by molar-refractivity contribution is 7.89. The Morgan fingerprint density at radius 1 is 1.25 bits per heavy atom. The van der Waals surface area contributed by atoms with Gasteiger partial charge >= 0.3 is 5.97 Å². The molecule has 2 aromatic heterocycles. The van der Waals surface area contributed by atoms with Crippen molar-refractivity contribution >= 4 is 16.0 Å². The van der Waals surface area contributed by atoms with Crippen LogP contribution in [0.3, 0.4) is 0 Å². The largest absolute Gasteiger partial charge is 0.465 e. The summed E-state index contributed by atoms with van der Waals surface area (Å²) in [6.45, 7) is 6.97. The minimum atomic E-state index is -3.91. The predicted octanol–water partition coefficient (Wildman–Crippen LogP) is 2.20. The van der Waals surface area contributed by atoms with Crippen molar-refractivity contribution in [2.45, 2.75) is 39.1 Å². The summed E-state index contributed by atoms with van der Waals surface area (Å²) in [7, 11) is -2.20. The van der Waals surface area contributed by atoms with Crippen LogP contribution in [0.25, 0.3) is 0 Å². The molecule has 0 amide bonds. The number of sulfonamides is 1. The van der Waals surface area contributed by atoms with Gasteiger partial charge < -0.3 is 13.7 Å². The predicted molar refractivity (Wildman–Crippen MR) is 88.3 cm³/mol. The van der Waals surface area contributed by atoms with Gasteiger partial charge in [-0.1, -0.05) is 0 Å². The molecule has 0 radical (unpaired) electrons. The van der Waals surface area contributed by atoms with Gasteiger partial charge in [-0.05, 0) is 39.8 Å². The molecule has 0 bridgehead atoms. The van der Waals surface area contributed by atoms with Gasteiger partial charge in [0.1, 0.15) is 22.0 Å². The summed E-state index contributed by atoms with van der Waals surface area (Å²) < 4.78 is 40.0. The zero-order valence-corrected chi connectivity index (χ0v) is 15.3. The molecular weight excluding hydrogens is 332 g/mol. The lowest BCUT2D eigenvalue weighted by Gasteiger charge is -2.08. The Bertz CT molecular complexity index is 861. The van der Waals surface area contributed by atoms with Gasteiger partial charge in [-0.15, -0.1) is 0 Å². The SMILES string of the molecule is CCOC(=O)c1c(S(=O)(=O)NCc2ccc(C)o2)c(C)n(C)c1C. The van der Waals surface area contributed by atoms with E-state index >= 15 is 0 Å². The van der Waals surface area contributed by atoms with Gasteiger partial charge in [-0.3, -0.25) is 0 Å². The third kappa shape index (κ3) is 3.39. The molecule has 8 heteroatoms. The van der Waals surface area contributed by atoms with Crippen molar-refractivity contribution in [2.24, 2.45) is 7.05 Å². The Morgan fingerprint density at radius 3 is 2.46 bits per heavy atom. The summed E-state index contributed by atoms with van der Waals surface area (Å²) in [5.74, 6) is 0.551. The first-order chi connectivity index (χ1) is 11.2. The molecule has 0 atom stereocenters. The second-order valence-electron chi connectivity index (χ2n) is 5.49. The Morgan fingerprint density at radius 2 is 1.92 bits per heavy atom. The van der Waals surface area contributed by atoms with Crippen LogP contribution in [-0.4, -0.2) is 25.6 Å². The lowest BCUT2D eigenvalue weighted by Crippen LogP contribution is -2.25. The van der Waals surface area contributed by atoms with Crippen LogP contribution in [0.2, 0.25) is 0 Å². The lowest BCUT2D eigenvalue weighted by molar-refractivity contribution is 0.0521. The molecule has 0 aliphatic rings. The van der Waals surface area contributed by atoms with E-state index in [0.717, 1.165) is 0 Å². The van der Waals surface area contributed by atoms with E-state index in [1.165, 1.54) is 0 Å². The first kappa shape index (κ1) is 18.3. The fourth-order valence-electron chi connectivity index (χ4n) is 2.51. The van der Waals surface area contributed by atoms with E-state index in [0.29, 0.717) is 22.9 Å². The second-order valence-corrected chi connectivity index (χ2v) is 7.20. The van der Waals surface area contributed by atoms with Crippen molar-refractivity contribution in [3.63, 3.8) is 0 Å². The monoisotopic (exact) mass is 354 g/mol. The minimum absolute atomic E-state index is 0.00577. The Kier molecular flexibility index (Phi) is 5.19. The molecule has 0 saturated heterocycles. The van der Waals surface area contributed by atoms with Crippen molar-refractivity contribution in [1.29, 1.82) is 0 Å². The first-order valence-electron chi connectivity index (χ1n) is 7.57. The van der Waals surface area contributed by atoms with Gasteiger partial charge in [0.15, 0.2) is 0 Å². The highest BCUT2D eigenvalue weighted by Crippen LogP contribution is 2.27. The molecule has 2 rings (SSSR count). The van der Waals surface area contributed by atoms with Crippen LogP contribution < -0.4 is 4.72 Å². The van der Waals surface area contributed by atoms with Gasteiger partial charge in [0, 0.05) is 18.4 Å². The lowest BCUT2D eigenvalue weighted by atomic mass is 10.2. The summed E-state index contributed by atoms with van der Waals surface area (Å²) >= 11 is 0. The summed E-state index contributed by atoms with van der Waals surface area (Å²) in [4.78, 5) is 12.2. The molecule has 24 heavy (non-hydrogen) atoms. The Balaban J connectivity index is 2.41. The van der Waals surface area contributed by atoms with Gasteiger partial charge in [-0.2, -0.15) is 0 Å². The topological polar surface area (TPSA) is 90.5 Å². The van der Waals surface area contributed by atoms with Crippen molar-refractivity contribution in [2.75, 3.05) is 6.61 Å². The average molecular weight is 354 g/mol. The number of hydrogen-bond donors (Lipinski definition) is 1. The van der Waals surface area contributed by atoms with Gasteiger partial charge in [-0.25, -0.2) is 17.9 Å². The number of hydrogen-bond acceptors (Lipinski definition) is 5. The average Bonchev–Trinajstić information content (AvgIpc) is 3.02. The van der Waals surface area contributed by atoms with Gasteiger partial charge in [0.2, 0.25) is 10.0 Å². The second kappa shape index (κ2) is 6.82. The summed E-state index contributed by atoms with van der Waals surface area (Å²) in [6, 6.07) is 3.46. The van der Waals surface area contributed by atoms with E-state index in [1.807, 2.05) is 0 Å². The fraction of sp³-hybridized carbons (Fsp3) is 0.438. The molecule has 0 aliphatic carbocycles. The number of furan rings is 1. The molecule has 2 heterocycles. The molecule has 0 fully saturated rings. The fourth-order valence-corrected chi connectivity index (χ4v) is 4.01. The smallest absolute Gasteiger partial charge is 0.341 e. The number of rotatable bonds is 6. The van der Waals surface area contributed by atoms with Crippen LogP contribution in [0.4, 0.5) is 0 Å². The maximum Gasteiger partial charge on any atom is 0.341 e. The molecule has 132 valence electrons. The molecule has 0 aromatic carbocycles. The Labute approximate surface area is 141 Å². The number of esters is 1. The van der Waals surface area contributed by atoms with E-state index in [1.54, 1.807) is 51.4 Å². The van der Waals surface area contributed by atoms with Crippen molar-refractivity contribution in [3.05, 3.63) is 40.6 Å². The molecule has 0 saturated carbocycles. The van der Waals surface area contributed by atoms with E-state index < -0.39 is 16.0 Å². The van der Waals surface area contributed by atoms with Crippen LogP contribution >= 0.6 is 0 Å². The number of carbonyl (C=O) groups is 1. The quantitative estimate of drug-likeness (QED) is 0.803. The number of nitrogens with zero attached hydrogens (tertiary/aromatic N) is 1. The summed E-state index contributed by atoms with van der Waals surface area (Å²) in [5.41, 5.74) is 1.08. The van der Waals surface area contributed by atoms with E-state index in [-0.39, 0.29) is 23.6 Å². The number of aryl methyl sites for hydroxylation is 1. The molecule has 0 aliphatic heterocycles. The zero-order chi connectivity index (χ0) is 18.1. The van der Waals surface area contributed by atoms with Crippen LogP contribution in [-0.2, 0) is 28.4 Å². The van der Waals surface area contributed by atoms with Crippen LogP contribution in [0.15, 0.2) is 21.4 Å². The first-order valence-corrected chi connectivity index (χ1v) is 9.05. The standard InChI is InChI=1S/C16H22N2O5S/c1-6-22-16(19)14-11(3)18(5)12(4)15(14)24(20,21)17-9-13-8-7-10(2)23-13/h7-8,17H,6,9H2,1-5H3. The molecule has 2 aromatic rings. The molecule has 0 spiro atoms. The van der Waals surface area contributed by atoms with E-state index in [2.05, 4.69) is 4.72 Å². The minimum Gasteiger partial charge on any atom is -0.465 e. The van der Waals surface area contributed by atoms with Crippen LogP contribution in [0.1, 0.15) is 40.2 Å². The van der Waals surface area contributed by atoms with Crippen molar-refractivity contribution in [3.8, 4) is 0 Å². The highest BCUT2D eigenvalue weighted by atomic mass is 32.2. The van der Waals surface area contributed by atoms with Crippen molar-refractivity contribution < 1.29 is 22.4 Å². The number of nitrogens with one attached hydrogen (secondary N) is 1. The maximum absolute atomic E-state index is 12.8. The van der Waals surface area contributed by atoms with E-state index in [9.17, 15) is 13.2 Å². The molecule has 0 unspecified atom stereocenters. The summed E-state index contributed by atoms with van der Waals surface area (Å²) in [5, 5.41) is 0. The van der Waals surface area contributed by atoms with E-state index in [4.69, 9.17) is 9.15 Å². The Hall–Kier alpha value is -2.06. The highest BCUT2D eigenvalue weighted by Gasteiger charge is 2.31. The number of ether oxygens (including phenoxy) is 1. The third-order valence-corrected chi connectivity index (χ3v) is 5.47. The number of aromatic nitrogens is 1. The maximum atomic E-state index is 12.8. The molecule has 7 nitrogen and oxygen atoms in total. The zero-order valence-electron chi connectivity index (χ0n) is 14.5.